The number of halogens is 2. The molecule has 5 aliphatic rings. The lowest BCUT2D eigenvalue weighted by Gasteiger charge is -2.42. The minimum atomic E-state index is -0.927. The van der Waals surface area contributed by atoms with E-state index in [-0.39, 0.29) is 11.4 Å². The van der Waals surface area contributed by atoms with Gasteiger partial charge in [-0.25, -0.2) is 18.8 Å². The van der Waals surface area contributed by atoms with E-state index in [2.05, 4.69) is 49.8 Å². The summed E-state index contributed by atoms with van der Waals surface area (Å²) in [6.07, 6.45) is 15.8. The van der Waals surface area contributed by atoms with Crippen molar-refractivity contribution in [2.75, 3.05) is 13.2 Å². The van der Waals surface area contributed by atoms with Gasteiger partial charge in [-0.15, -0.1) is 0 Å². The molecule has 2 aliphatic carbocycles. The summed E-state index contributed by atoms with van der Waals surface area (Å²) in [4.78, 5) is 13.7. The Balaban J connectivity index is 1.21. The van der Waals surface area contributed by atoms with Gasteiger partial charge in [0.05, 0.1) is 23.6 Å². The second-order valence-corrected chi connectivity index (χ2v) is 12.6. The highest BCUT2D eigenvalue weighted by atomic mass is 19.2. The molecule has 0 aromatic heterocycles. The molecule has 42 heavy (non-hydrogen) atoms. The molecule has 1 saturated carbocycles. The molecule has 0 amide bonds. The third-order valence-corrected chi connectivity index (χ3v) is 9.83. The molecule has 1 fully saturated rings. The van der Waals surface area contributed by atoms with Gasteiger partial charge in [-0.3, -0.25) is 4.99 Å². The number of amidine groups is 1. The number of hydrogen-bond acceptors (Lipinski definition) is 4. The van der Waals surface area contributed by atoms with Gasteiger partial charge in [0.1, 0.15) is 5.71 Å². The average molecular weight is 570 g/mol. The number of fused-ring (bicyclic) bond motifs is 2. The maximum absolute atomic E-state index is 14.4. The number of benzene rings is 1. The normalized spacial score (nSPS) is 28.2. The van der Waals surface area contributed by atoms with Crippen LogP contribution in [0.1, 0.15) is 78.2 Å². The number of allylic oxidation sites excluding steroid dienone is 9. The summed E-state index contributed by atoms with van der Waals surface area (Å²) in [6, 6.07) is 4.07. The Bertz CT molecular complexity index is 1520. The lowest BCUT2D eigenvalue weighted by molar-refractivity contribution is 0.196. The van der Waals surface area contributed by atoms with Gasteiger partial charge in [0.25, 0.3) is 0 Å². The van der Waals surface area contributed by atoms with Crippen molar-refractivity contribution >= 4 is 17.8 Å². The lowest BCUT2D eigenvalue weighted by atomic mass is 9.63. The number of hydrogen-bond donors (Lipinski definition) is 0. The number of aliphatic imine (C=N–C) groups is 3. The van der Waals surface area contributed by atoms with Crippen LogP contribution in [0.4, 0.5) is 8.78 Å². The van der Waals surface area contributed by atoms with E-state index >= 15 is 0 Å². The van der Waals surface area contributed by atoms with Gasteiger partial charge >= 0.3 is 0 Å². The third-order valence-electron chi connectivity index (χ3n) is 9.83. The number of nitrogens with zero attached hydrogens (tertiary/aromatic N) is 3. The van der Waals surface area contributed by atoms with Gasteiger partial charge in [0.2, 0.25) is 0 Å². The van der Waals surface area contributed by atoms with E-state index in [9.17, 15) is 8.78 Å². The standard InChI is InChI=1S/C36H41F2N3O/c1-21-11-12-23(3)34(24(4)28-14-13-27(21)28)30-18-26(42-16-15-22(30)2)17-25-7-5-10-32-33(20-39-19-25)41-36(40-32)29-8-6-9-31(37)35(29)38/h6,8-11,18,20,23,25,27-28H,5,7,12-17,19H2,1-4H3. The molecule has 1 aromatic carbocycles. The first-order valence-corrected chi connectivity index (χ1v) is 15.5. The summed E-state index contributed by atoms with van der Waals surface area (Å²) in [5.74, 6) is 1.59. The molecule has 220 valence electrons. The van der Waals surface area contributed by atoms with Gasteiger partial charge in [0.15, 0.2) is 17.5 Å². The Morgan fingerprint density at radius 3 is 2.64 bits per heavy atom. The van der Waals surface area contributed by atoms with Crippen molar-refractivity contribution in [3.8, 4) is 0 Å². The first-order valence-electron chi connectivity index (χ1n) is 15.5. The zero-order chi connectivity index (χ0) is 29.4. The maximum atomic E-state index is 14.4. The molecular weight excluding hydrogens is 528 g/mol. The Kier molecular flexibility index (Phi) is 8.24. The average Bonchev–Trinajstić information content (AvgIpc) is 3.28. The predicted molar refractivity (Wildman–Crippen MR) is 167 cm³/mol. The fourth-order valence-electron chi connectivity index (χ4n) is 7.18. The second kappa shape index (κ2) is 12.1. The maximum Gasteiger partial charge on any atom is 0.169 e. The summed E-state index contributed by atoms with van der Waals surface area (Å²) in [6.45, 7) is 10.7. The first-order chi connectivity index (χ1) is 20.3. The monoisotopic (exact) mass is 569 g/mol. The molecule has 4 unspecified atom stereocenters. The fraction of sp³-hybridized carbons (Fsp3) is 0.472. The SMILES string of the molecule is CC1=CCC(C)C(C2=C(C)CCOC(CC3CCC=C4N=C(c5cccc(F)c5F)N=C4C=NC3)=C2)=C(C)C2CCC12. The van der Waals surface area contributed by atoms with Crippen molar-refractivity contribution in [2.45, 2.75) is 72.6 Å². The Labute approximate surface area is 248 Å². The van der Waals surface area contributed by atoms with Crippen LogP contribution in [0.5, 0.6) is 0 Å². The molecule has 0 radical (unpaired) electrons. The highest BCUT2D eigenvalue weighted by Gasteiger charge is 2.36. The van der Waals surface area contributed by atoms with Crippen LogP contribution in [0.25, 0.3) is 0 Å². The largest absolute Gasteiger partial charge is 0.498 e. The van der Waals surface area contributed by atoms with Crippen LogP contribution in [0, 0.1) is 35.3 Å². The molecule has 3 heterocycles. The minimum absolute atomic E-state index is 0.0683. The van der Waals surface area contributed by atoms with Gasteiger partial charge in [0, 0.05) is 25.6 Å². The van der Waals surface area contributed by atoms with Crippen LogP contribution in [0.2, 0.25) is 0 Å². The predicted octanol–water partition coefficient (Wildman–Crippen LogP) is 8.87. The smallest absolute Gasteiger partial charge is 0.169 e. The minimum Gasteiger partial charge on any atom is -0.498 e. The Morgan fingerprint density at radius 2 is 1.83 bits per heavy atom. The van der Waals surface area contributed by atoms with Crippen LogP contribution in [0.15, 0.2) is 90.7 Å². The van der Waals surface area contributed by atoms with Crippen LogP contribution in [-0.4, -0.2) is 30.9 Å². The molecular formula is C36H41F2N3O. The van der Waals surface area contributed by atoms with Crippen LogP contribution in [0.3, 0.4) is 0 Å². The second-order valence-electron chi connectivity index (χ2n) is 12.6. The van der Waals surface area contributed by atoms with Gasteiger partial charge in [-0.1, -0.05) is 41.9 Å². The summed E-state index contributed by atoms with van der Waals surface area (Å²) in [7, 11) is 0. The topological polar surface area (TPSA) is 46.3 Å². The summed E-state index contributed by atoms with van der Waals surface area (Å²) < 4.78 is 34.5. The van der Waals surface area contributed by atoms with E-state index in [4.69, 9.17) is 9.73 Å². The Hall–Kier alpha value is -3.41. The van der Waals surface area contributed by atoms with E-state index in [1.165, 1.54) is 36.1 Å². The zero-order valence-corrected chi connectivity index (χ0v) is 25.2. The molecule has 0 spiro atoms. The number of rotatable bonds is 4. The van der Waals surface area contributed by atoms with Crippen molar-refractivity contribution in [1.29, 1.82) is 0 Å². The third kappa shape index (κ3) is 5.65. The van der Waals surface area contributed by atoms with Crippen LogP contribution in [-0.2, 0) is 4.74 Å². The van der Waals surface area contributed by atoms with Crippen molar-refractivity contribution in [2.24, 2.45) is 38.6 Å². The van der Waals surface area contributed by atoms with Crippen molar-refractivity contribution < 1.29 is 13.5 Å². The van der Waals surface area contributed by atoms with Crippen molar-refractivity contribution in [1.82, 2.24) is 0 Å². The highest BCUT2D eigenvalue weighted by molar-refractivity contribution is 6.42. The van der Waals surface area contributed by atoms with Gasteiger partial charge in [-0.05, 0) is 106 Å². The molecule has 4 atom stereocenters. The molecule has 4 nitrogen and oxygen atoms in total. The molecule has 6 rings (SSSR count). The Morgan fingerprint density at radius 1 is 1.00 bits per heavy atom. The van der Waals surface area contributed by atoms with E-state index in [0.29, 0.717) is 48.2 Å². The van der Waals surface area contributed by atoms with Crippen molar-refractivity contribution in [3.05, 3.63) is 92.9 Å². The van der Waals surface area contributed by atoms with Crippen molar-refractivity contribution in [3.63, 3.8) is 0 Å². The molecule has 0 N–H and O–H groups in total. The highest BCUT2D eigenvalue weighted by Crippen LogP contribution is 2.49. The summed E-state index contributed by atoms with van der Waals surface area (Å²) in [5, 5.41) is 0. The quantitative estimate of drug-likeness (QED) is 0.334. The number of ether oxygens (including phenoxy) is 1. The first kappa shape index (κ1) is 28.7. The van der Waals surface area contributed by atoms with Gasteiger partial charge < -0.3 is 4.74 Å². The molecule has 0 bridgehead atoms. The molecule has 6 heteroatoms. The fourth-order valence-corrected chi connectivity index (χ4v) is 7.18. The lowest BCUT2D eigenvalue weighted by Crippen LogP contribution is -2.30. The van der Waals surface area contributed by atoms with E-state index in [1.807, 2.05) is 6.08 Å². The summed E-state index contributed by atoms with van der Waals surface area (Å²) >= 11 is 0. The van der Waals surface area contributed by atoms with E-state index < -0.39 is 11.6 Å². The van der Waals surface area contributed by atoms with Crippen LogP contribution < -0.4 is 0 Å². The summed E-state index contributed by atoms with van der Waals surface area (Å²) in [5.41, 5.74) is 8.87. The molecule has 0 saturated heterocycles. The zero-order valence-electron chi connectivity index (χ0n) is 25.2. The van der Waals surface area contributed by atoms with E-state index in [1.54, 1.807) is 22.9 Å². The van der Waals surface area contributed by atoms with Gasteiger partial charge in [-0.2, -0.15) is 0 Å². The molecule has 1 aromatic rings. The van der Waals surface area contributed by atoms with Crippen LogP contribution >= 0.6 is 0 Å². The van der Waals surface area contributed by atoms with E-state index in [0.717, 1.165) is 43.9 Å². The molecule has 3 aliphatic heterocycles.